The maximum atomic E-state index is 12.1. The number of nitrogens with one attached hydrogen (secondary N) is 1. The van der Waals surface area contributed by atoms with Crippen LogP contribution in [-0.2, 0) is 11.2 Å². The van der Waals surface area contributed by atoms with Crippen molar-refractivity contribution in [3.63, 3.8) is 0 Å². The number of rotatable bonds is 4. The first kappa shape index (κ1) is 14.3. The maximum absolute atomic E-state index is 12.1. The molecule has 2 rings (SSSR count). The lowest BCUT2D eigenvalue weighted by Crippen LogP contribution is -2.28. The summed E-state index contributed by atoms with van der Waals surface area (Å²) in [5, 5.41) is 3.07. The van der Waals surface area contributed by atoms with Crippen molar-refractivity contribution in [2.45, 2.75) is 33.2 Å². The highest BCUT2D eigenvalue weighted by molar-refractivity contribution is 5.79. The first-order valence-electron chi connectivity index (χ1n) is 6.97. The monoisotopic (exact) mass is 267 g/mol. The number of aryl methyl sites for hydroxylation is 2. The Bertz CT molecular complexity index is 604. The lowest BCUT2D eigenvalue weighted by molar-refractivity contribution is -0.121. The normalized spacial score (nSPS) is 11.9. The van der Waals surface area contributed by atoms with Gasteiger partial charge in [-0.25, -0.2) is 0 Å². The van der Waals surface area contributed by atoms with Crippen molar-refractivity contribution in [3.05, 3.63) is 70.8 Å². The molecular weight excluding hydrogens is 246 g/mol. The third kappa shape index (κ3) is 3.47. The number of hydrogen-bond acceptors (Lipinski definition) is 1. The van der Waals surface area contributed by atoms with Gasteiger partial charge in [-0.05, 0) is 43.0 Å². The van der Waals surface area contributed by atoms with Gasteiger partial charge in [0.2, 0.25) is 5.91 Å². The van der Waals surface area contributed by atoms with Crippen LogP contribution in [0.2, 0.25) is 0 Å². The highest BCUT2D eigenvalue weighted by atomic mass is 16.1. The minimum atomic E-state index is 0.0349. The highest BCUT2D eigenvalue weighted by Crippen LogP contribution is 2.17. The van der Waals surface area contributed by atoms with Crippen molar-refractivity contribution >= 4 is 5.91 Å². The van der Waals surface area contributed by atoms with Crippen LogP contribution in [0.5, 0.6) is 0 Å². The minimum Gasteiger partial charge on any atom is -0.349 e. The standard InChI is InChI=1S/C18H21NO/c1-13-8-4-6-10-16(13)12-18(20)19-15(3)17-11-7-5-9-14(17)2/h4-11,15H,12H2,1-3H3,(H,19,20). The van der Waals surface area contributed by atoms with Crippen LogP contribution in [0, 0.1) is 13.8 Å². The Kier molecular flexibility index (Phi) is 4.57. The lowest BCUT2D eigenvalue weighted by Gasteiger charge is -2.17. The van der Waals surface area contributed by atoms with E-state index in [0.717, 1.165) is 11.1 Å². The summed E-state index contributed by atoms with van der Waals surface area (Å²) >= 11 is 0. The summed E-state index contributed by atoms with van der Waals surface area (Å²) in [6.07, 6.45) is 0.433. The highest BCUT2D eigenvalue weighted by Gasteiger charge is 2.12. The molecule has 2 nitrogen and oxygen atoms in total. The number of hydrogen-bond donors (Lipinski definition) is 1. The Morgan fingerprint density at radius 2 is 1.60 bits per heavy atom. The zero-order valence-electron chi connectivity index (χ0n) is 12.3. The van der Waals surface area contributed by atoms with Crippen molar-refractivity contribution in [1.29, 1.82) is 0 Å². The Labute approximate surface area is 120 Å². The zero-order chi connectivity index (χ0) is 14.5. The Morgan fingerprint density at radius 1 is 1.00 bits per heavy atom. The summed E-state index contributed by atoms with van der Waals surface area (Å²) in [4.78, 5) is 12.1. The number of carbonyl (C=O) groups excluding carboxylic acids is 1. The quantitative estimate of drug-likeness (QED) is 0.898. The predicted molar refractivity (Wildman–Crippen MR) is 82.6 cm³/mol. The van der Waals surface area contributed by atoms with Gasteiger partial charge in [-0.2, -0.15) is 0 Å². The molecule has 2 heteroatoms. The lowest BCUT2D eigenvalue weighted by atomic mass is 10.0. The van der Waals surface area contributed by atoms with Crippen LogP contribution in [0.3, 0.4) is 0 Å². The van der Waals surface area contributed by atoms with Crippen LogP contribution >= 0.6 is 0 Å². The van der Waals surface area contributed by atoms with Crippen LogP contribution in [0.15, 0.2) is 48.5 Å². The van der Waals surface area contributed by atoms with Gasteiger partial charge in [0.15, 0.2) is 0 Å². The van der Waals surface area contributed by atoms with E-state index >= 15 is 0 Å². The molecule has 0 spiro atoms. The van der Waals surface area contributed by atoms with Gasteiger partial charge >= 0.3 is 0 Å². The molecule has 0 saturated carbocycles. The topological polar surface area (TPSA) is 29.1 Å². The van der Waals surface area contributed by atoms with Gasteiger partial charge in [-0.3, -0.25) is 4.79 Å². The van der Waals surface area contributed by atoms with E-state index in [-0.39, 0.29) is 11.9 Å². The molecule has 0 aliphatic rings. The Morgan fingerprint density at radius 3 is 2.25 bits per heavy atom. The van der Waals surface area contributed by atoms with E-state index in [9.17, 15) is 4.79 Å². The second-order valence-electron chi connectivity index (χ2n) is 5.25. The largest absolute Gasteiger partial charge is 0.349 e. The third-order valence-corrected chi connectivity index (χ3v) is 3.64. The molecule has 0 aromatic heterocycles. The van der Waals surface area contributed by atoms with E-state index in [4.69, 9.17) is 0 Å². The minimum absolute atomic E-state index is 0.0349. The van der Waals surface area contributed by atoms with Crippen LogP contribution < -0.4 is 5.32 Å². The average Bonchev–Trinajstić information content (AvgIpc) is 2.41. The molecule has 1 unspecified atom stereocenters. The first-order valence-corrected chi connectivity index (χ1v) is 6.97. The van der Waals surface area contributed by atoms with Gasteiger partial charge in [0.1, 0.15) is 0 Å². The van der Waals surface area contributed by atoms with E-state index < -0.39 is 0 Å². The summed E-state index contributed by atoms with van der Waals surface area (Å²) < 4.78 is 0. The van der Waals surface area contributed by atoms with E-state index in [0.29, 0.717) is 6.42 Å². The maximum Gasteiger partial charge on any atom is 0.224 e. The molecule has 104 valence electrons. The summed E-state index contributed by atoms with van der Waals surface area (Å²) in [5.74, 6) is 0.0649. The third-order valence-electron chi connectivity index (χ3n) is 3.64. The predicted octanol–water partition coefficient (Wildman–Crippen LogP) is 3.72. The van der Waals surface area contributed by atoms with Crippen LogP contribution in [0.4, 0.5) is 0 Å². The van der Waals surface area contributed by atoms with Gasteiger partial charge in [-0.1, -0.05) is 48.5 Å². The van der Waals surface area contributed by atoms with E-state index in [1.54, 1.807) is 0 Å². The molecule has 0 aliphatic carbocycles. The molecule has 0 bridgehead atoms. The molecule has 0 fully saturated rings. The van der Waals surface area contributed by atoms with Crippen LogP contribution in [0.1, 0.15) is 35.2 Å². The number of carbonyl (C=O) groups is 1. The molecule has 20 heavy (non-hydrogen) atoms. The molecule has 1 atom stereocenters. The summed E-state index contributed by atoms with van der Waals surface area (Å²) in [5.41, 5.74) is 4.62. The summed E-state index contributed by atoms with van der Waals surface area (Å²) in [7, 11) is 0. The molecule has 1 amide bonds. The van der Waals surface area contributed by atoms with E-state index in [1.165, 1.54) is 11.1 Å². The fourth-order valence-corrected chi connectivity index (χ4v) is 2.42. The van der Waals surface area contributed by atoms with Crippen molar-refractivity contribution in [1.82, 2.24) is 5.32 Å². The first-order chi connectivity index (χ1) is 9.58. The molecule has 0 radical (unpaired) electrons. The molecule has 0 heterocycles. The second-order valence-corrected chi connectivity index (χ2v) is 5.25. The van der Waals surface area contributed by atoms with Gasteiger partial charge in [0, 0.05) is 0 Å². The van der Waals surface area contributed by atoms with Crippen molar-refractivity contribution in [3.8, 4) is 0 Å². The summed E-state index contributed by atoms with van der Waals surface area (Å²) in [6.45, 7) is 6.13. The van der Waals surface area contributed by atoms with E-state index in [1.807, 2.05) is 50.2 Å². The molecule has 0 aliphatic heterocycles. The van der Waals surface area contributed by atoms with Crippen LogP contribution in [0.25, 0.3) is 0 Å². The SMILES string of the molecule is Cc1ccccc1CC(=O)NC(C)c1ccccc1C. The van der Waals surface area contributed by atoms with Gasteiger partial charge < -0.3 is 5.32 Å². The molecule has 0 saturated heterocycles. The zero-order valence-corrected chi connectivity index (χ0v) is 12.3. The van der Waals surface area contributed by atoms with Gasteiger partial charge in [0.05, 0.1) is 12.5 Å². The second kappa shape index (κ2) is 6.38. The smallest absolute Gasteiger partial charge is 0.224 e. The molecule has 2 aromatic rings. The van der Waals surface area contributed by atoms with Crippen molar-refractivity contribution in [2.75, 3.05) is 0 Å². The van der Waals surface area contributed by atoms with Crippen molar-refractivity contribution in [2.24, 2.45) is 0 Å². The Hall–Kier alpha value is -2.09. The molecular formula is C18H21NO. The number of benzene rings is 2. The average molecular weight is 267 g/mol. The summed E-state index contributed by atoms with van der Waals surface area (Å²) in [6, 6.07) is 16.2. The Balaban J connectivity index is 2.02. The van der Waals surface area contributed by atoms with Gasteiger partial charge in [0.25, 0.3) is 0 Å². The van der Waals surface area contributed by atoms with Crippen molar-refractivity contribution < 1.29 is 4.79 Å². The van der Waals surface area contributed by atoms with Crippen LogP contribution in [-0.4, -0.2) is 5.91 Å². The molecule has 2 aromatic carbocycles. The van der Waals surface area contributed by atoms with Gasteiger partial charge in [-0.15, -0.1) is 0 Å². The fraction of sp³-hybridized carbons (Fsp3) is 0.278. The fourth-order valence-electron chi connectivity index (χ4n) is 2.42. The number of amides is 1. The van der Waals surface area contributed by atoms with E-state index in [2.05, 4.69) is 24.4 Å². The molecule has 1 N–H and O–H groups in total.